The normalized spacial score (nSPS) is 14.1. The third-order valence-corrected chi connectivity index (χ3v) is 4.53. The van der Waals surface area contributed by atoms with E-state index in [0.717, 1.165) is 37.6 Å². The lowest BCUT2D eigenvalue weighted by Gasteiger charge is -2.28. The van der Waals surface area contributed by atoms with Crippen molar-refractivity contribution in [3.63, 3.8) is 0 Å². The molecule has 0 atom stereocenters. The minimum Gasteiger partial charge on any atom is -0.378 e. The molecule has 2 N–H and O–H groups in total. The van der Waals surface area contributed by atoms with Gasteiger partial charge in [0.25, 0.3) is 0 Å². The molecule has 28 heavy (non-hydrogen) atoms. The van der Waals surface area contributed by atoms with Crippen LogP contribution in [0.15, 0.2) is 42.6 Å². The molecule has 0 spiro atoms. The van der Waals surface area contributed by atoms with E-state index in [1.165, 1.54) is 5.69 Å². The lowest BCUT2D eigenvalue weighted by atomic mass is 10.1. The van der Waals surface area contributed by atoms with Crippen molar-refractivity contribution >= 4 is 28.7 Å². The maximum Gasteiger partial charge on any atom is 0.320 e. The molecule has 0 unspecified atom stereocenters. The van der Waals surface area contributed by atoms with E-state index >= 15 is 0 Å². The number of nitrogens with zero attached hydrogens (tertiary/aromatic N) is 4. The average molecular weight is 378 g/mol. The van der Waals surface area contributed by atoms with Crippen LogP contribution < -0.4 is 15.5 Å². The van der Waals surface area contributed by atoms with Crippen molar-refractivity contribution in [3.8, 4) is 11.3 Å². The number of rotatable bonds is 4. The van der Waals surface area contributed by atoms with Gasteiger partial charge < -0.3 is 15.0 Å². The smallest absolute Gasteiger partial charge is 0.320 e. The first-order valence-electron chi connectivity index (χ1n) is 9.35. The van der Waals surface area contributed by atoms with Gasteiger partial charge in [-0.3, -0.25) is 10.3 Å². The molecular weight excluding hydrogens is 356 g/mol. The van der Waals surface area contributed by atoms with Crippen LogP contribution >= 0.6 is 0 Å². The molecule has 1 aromatic carbocycles. The van der Waals surface area contributed by atoms with Gasteiger partial charge in [0.1, 0.15) is 11.3 Å². The average Bonchev–Trinajstić information content (AvgIpc) is 2.74. The minimum atomic E-state index is -0.294. The molecule has 1 aliphatic rings. The van der Waals surface area contributed by atoms with Crippen LogP contribution in [0, 0.1) is 0 Å². The highest BCUT2D eigenvalue weighted by molar-refractivity contribution is 5.89. The van der Waals surface area contributed by atoms with E-state index < -0.39 is 0 Å². The number of hydrogen-bond donors (Lipinski definition) is 2. The Morgan fingerprint density at radius 2 is 1.89 bits per heavy atom. The van der Waals surface area contributed by atoms with Crippen LogP contribution in [0.5, 0.6) is 0 Å². The topological polar surface area (TPSA) is 92.3 Å². The molecule has 4 rings (SSSR count). The number of nitrogens with one attached hydrogen (secondary N) is 2. The van der Waals surface area contributed by atoms with Crippen LogP contribution in [0.1, 0.15) is 6.92 Å². The second-order valence-corrected chi connectivity index (χ2v) is 6.43. The largest absolute Gasteiger partial charge is 0.378 e. The van der Waals surface area contributed by atoms with Gasteiger partial charge in [-0.1, -0.05) is 12.1 Å². The number of pyridine rings is 1. The van der Waals surface area contributed by atoms with Crippen LogP contribution in [0.2, 0.25) is 0 Å². The number of hydrogen-bond acceptors (Lipinski definition) is 6. The van der Waals surface area contributed by atoms with Gasteiger partial charge in [-0.2, -0.15) is 0 Å². The summed E-state index contributed by atoms with van der Waals surface area (Å²) in [5, 5.41) is 5.37. The number of anilines is 2. The van der Waals surface area contributed by atoms with Crippen molar-refractivity contribution in [2.24, 2.45) is 0 Å². The predicted octanol–water partition coefficient (Wildman–Crippen LogP) is 2.67. The van der Waals surface area contributed by atoms with E-state index in [2.05, 4.69) is 42.6 Å². The summed E-state index contributed by atoms with van der Waals surface area (Å²) in [7, 11) is 0. The van der Waals surface area contributed by atoms with Gasteiger partial charge in [0.15, 0.2) is 5.65 Å². The first kappa shape index (κ1) is 18.1. The van der Waals surface area contributed by atoms with Gasteiger partial charge in [0.2, 0.25) is 0 Å². The summed E-state index contributed by atoms with van der Waals surface area (Å²) in [6.07, 6.45) is 1.74. The fourth-order valence-electron chi connectivity index (χ4n) is 3.09. The van der Waals surface area contributed by atoms with Crippen LogP contribution in [-0.4, -0.2) is 53.8 Å². The third-order valence-electron chi connectivity index (χ3n) is 4.53. The second-order valence-electron chi connectivity index (χ2n) is 6.43. The number of carbonyl (C=O) groups is 1. The van der Waals surface area contributed by atoms with Gasteiger partial charge >= 0.3 is 6.03 Å². The molecule has 0 saturated carbocycles. The van der Waals surface area contributed by atoms with E-state index in [1.807, 2.05) is 19.1 Å². The highest BCUT2D eigenvalue weighted by Crippen LogP contribution is 2.23. The quantitative estimate of drug-likeness (QED) is 0.725. The predicted molar refractivity (Wildman–Crippen MR) is 108 cm³/mol. The first-order chi connectivity index (χ1) is 13.7. The van der Waals surface area contributed by atoms with Crippen molar-refractivity contribution in [1.82, 2.24) is 20.3 Å². The number of amides is 2. The number of benzene rings is 1. The molecule has 2 amide bonds. The molecule has 3 aromatic rings. The summed E-state index contributed by atoms with van der Waals surface area (Å²) >= 11 is 0. The van der Waals surface area contributed by atoms with Gasteiger partial charge in [0.05, 0.1) is 25.1 Å². The SMILES string of the molecule is CCNC(=O)Nc1ccc2ncc(-c3ccc(N4CCOCC4)cc3)nc2n1. The summed E-state index contributed by atoms with van der Waals surface area (Å²) in [5.74, 6) is 0.438. The fraction of sp³-hybridized carbons (Fsp3) is 0.300. The molecule has 1 aliphatic heterocycles. The Bertz CT molecular complexity index is 970. The molecule has 1 saturated heterocycles. The fourth-order valence-corrected chi connectivity index (χ4v) is 3.09. The third kappa shape index (κ3) is 4.01. The number of ether oxygens (including phenoxy) is 1. The zero-order valence-corrected chi connectivity index (χ0v) is 15.7. The summed E-state index contributed by atoms with van der Waals surface area (Å²) in [4.78, 5) is 27.5. The number of fused-ring (bicyclic) bond motifs is 1. The van der Waals surface area contributed by atoms with Crippen LogP contribution in [0.3, 0.4) is 0 Å². The Hall–Kier alpha value is -3.26. The van der Waals surface area contributed by atoms with Gasteiger partial charge in [-0.15, -0.1) is 0 Å². The highest BCUT2D eigenvalue weighted by atomic mass is 16.5. The molecule has 144 valence electrons. The van der Waals surface area contributed by atoms with Gasteiger partial charge in [-0.25, -0.2) is 14.8 Å². The van der Waals surface area contributed by atoms with E-state index in [0.29, 0.717) is 23.5 Å². The molecule has 0 radical (unpaired) electrons. The Balaban J connectivity index is 1.56. The highest BCUT2D eigenvalue weighted by Gasteiger charge is 2.12. The maximum absolute atomic E-state index is 11.7. The molecule has 0 aliphatic carbocycles. The number of carbonyl (C=O) groups excluding carboxylic acids is 1. The standard InChI is InChI=1S/C20H22N6O2/c1-2-21-20(27)25-18-8-7-16-19(24-18)23-17(13-22-16)14-3-5-15(6-4-14)26-9-11-28-12-10-26/h3-8,13H,2,9-12H2,1H3,(H2,21,23,24,25,27). The van der Waals surface area contributed by atoms with Crippen molar-refractivity contribution < 1.29 is 9.53 Å². The van der Waals surface area contributed by atoms with Crippen molar-refractivity contribution in [2.75, 3.05) is 43.1 Å². The molecule has 0 bridgehead atoms. The Morgan fingerprint density at radius 3 is 2.64 bits per heavy atom. The zero-order valence-electron chi connectivity index (χ0n) is 15.7. The number of aromatic nitrogens is 3. The van der Waals surface area contributed by atoms with E-state index in [-0.39, 0.29) is 6.03 Å². The van der Waals surface area contributed by atoms with Crippen molar-refractivity contribution in [1.29, 1.82) is 0 Å². The molecule has 8 nitrogen and oxygen atoms in total. The van der Waals surface area contributed by atoms with Gasteiger partial charge in [0, 0.05) is 30.9 Å². The monoisotopic (exact) mass is 378 g/mol. The van der Waals surface area contributed by atoms with Crippen molar-refractivity contribution in [3.05, 3.63) is 42.6 Å². The Kier molecular flexibility index (Phi) is 5.29. The van der Waals surface area contributed by atoms with Crippen LogP contribution in [0.25, 0.3) is 22.4 Å². The van der Waals surface area contributed by atoms with E-state index in [9.17, 15) is 4.79 Å². The Labute approximate surface area is 163 Å². The molecule has 3 heterocycles. The summed E-state index contributed by atoms with van der Waals surface area (Å²) in [5.41, 5.74) is 4.05. The second kappa shape index (κ2) is 8.18. The lowest BCUT2D eigenvalue weighted by Crippen LogP contribution is -2.36. The lowest BCUT2D eigenvalue weighted by molar-refractivity contribution is 0.122. The number of morpholine rings is 1. The summed E-state index contributed by atoms with van der Waals surface area (Å²) < 4.78 is 5.41. The minimum absolute atomic E-state index is 0.294. The molecule has 1 fully saturated rings. The maximum atomic E-state index is 11.7. The van der Waals surface area contributed by atoms with Gasteiger partial charge in [-0.05, 0) is 31.2 Å². The van der Waals surface area contributed by atoms with Crippen LogP contribution in [-0.2, 0) is 4.74 Å². The van der Waals surface area contributed by atoms with E-state index in [4.69, 9.17) is 4.74 Å². The van der Waals surface area contributed by atoms with Crippen molar-refractivity contribution in [2.45, 2.75) is 6.92 Å². The summed E-state index contributed by atoms with van der Waals surface area (Å²) in [6.45, 7) is 5.73. The molecule has 2 aromatic heterocycles. The molecule has 8 heteroatoms. The Morgan fingerprint density at radius 1 is 1.11 bits per heavy atom. The molecular formula is C20H22N6O2. The zero-order chi connectivity index (χ0) is 19.3. The summed E-state index contributed by atoms with van der Waals surface area (Å²) in [6, 6.07) is 11.5. The van der Waals surface area contributed by atoms with Crippen LogP contribution in [0.4, 0.5) is 16.3 Å². The number of urea groups is 1. The van der Waals surface area contributed by atoms with E-state index in [1.54, 1.807) is 18.3 Å². The first-order valence-corrected chi connectivity index (χ1v) is 9.35.